The van der Waals surface area contributed by atoms with Gasteiger partial charge in [0.05, 0.1) is 0 Å². The van der Waals surface area contributed by atoms with E-state index < -0.39 is 0 Å². The normalized spacial score (nSPS) is 26.4. The fraction of sp³-hybridized carbons (Fsp3) is 0.929. The van der Waals surface area contributed by atoms with E-state index in [1.807, 2.05) is 4.90 Å². The minimum Gasteiger partial charge on any atom is -0.330 e. The van der Waals surface area contributed by atoms with Crippen molar-refractivity contribution < 1.29 is 4.79 Å². The monoisotopic (exact) mass is 253 g/mol. The van der Waals surface area contributed by atoms with Gasteiger partial charge in [0.1, 0.15) is 0 Å². The molecule has 2 N–H and O–H groups in total. The first kappa shape index (κ1) is 13.7. The van der Waals surface area contributed by atoms with Crippen LogP contribution in [0, 0.1) is 11.8 Å². The second-order valence-electron chi connectivity index (χ2n) is 5.98. The number of piperidine rings is 2. The largest absolute Gasteiger partial charge is 0.330 e. The van der Waals surface area contributed by atoms with Crippen LogP contribution in [0.2, 0.25) is 0 Å². The van der Waals surface area contributed by atoms with Crippen molar-refractivity contribution in [3.05, 3.63) is 0 Å². The van der Waals surface area contributed by atoms with Gasteiger partial charge in [-0.1, -0.05) is 6.92 Å². The lowest BCUT2D eigenvalue weighted by atomic mass is 9.95. The van der Waals surface area contributed by atoms with Crippen LogP contribution in [0.5, 0.6) is 0 Å². The van der Waals surface area contributed by atoms with E-state index in [1.54, 1.807) is 0 Å². The molecule has 2 saturated heterocycles. The summed E-state index contributed by atoms with van der Waals surface area (Å²) in [6.45, 7) is 6.76. The van der Waals surface area contributed by atoms with Gasteiger partial charge in [0.2, 0.25) is 0 Å². The molecule has 0 bridgehead atoms. The van der Waals surface area contributed by atoms with Gasteiger partial charge in [0.25, 0.3) is 0 Å². The minimum atomic E-state index is 0.267. The van der Waals surface area contributed by atoms with E-state index >= 15 is 0 Å². The highest BCUT2D eigenvalue weighted by molar-refractivity contribution is 5.74. The van der Waals surface area contributed by atoms with E-state index in [2.05, 4.69) is 11.8 Å². The number of rotatable bonds is 2. The summed E-state index contributed by atoms with van der Waals surface area (Å²) in [4.78, 5) is 16.5. The summed E-state index contributed by atoms with van der Waals surface area (Å²) in [6, 6.07) is 0.267. The molecule has 4 heteroatoms. The van der Waals surface area contributed by atoms with Gasteiger partial charge in [-0.05, 0) is 50.5 Å². The molecule has 2 fully saturated rings. The maximum Gasteiger partial charge on any atom is 0.320 e. The van der Waals surface area contributed by atoms with Gasteiger partial charge in [-0.2, -0.15) is 0 Å². The van der Waals surface area contributed by atoms with E-state index in [1.165, 1.54) is 6.42 Å². The number of carbonyl (C=O) groups excluding carboxylic acids is 1. The molecule has 18 heavy (non-hydrogen) atoms. The van der Waals surface area contributed by atoms with Crippen LogP contribution in [0.3, 0.4) is 0 Å². The zero-order chi connectivity index (χ0) is 13.0. The molecule has 4 nitrogen and oxygen atoms in total. The Morgan fingerprint density at radius 3 is 2.56 bits per heavy atom. The van der Waals surface area contributed by atoms with E-state index in [0.717, 1.165) is 64.3 Å². The molecule has 0 aromatic heterocycles. The van der Waals surface area contributed by atoms with Crippen molar-refractivity contribution in [3.63, 3.8) is 0 Å². The molecular weight excluding hydrogens is 226 g/mol. The van der Waals surface area contributed by atoms with Gasteiger partial charge in [-0.3, -0.25) is 0 Å². The number of hydrogen-bond acceptors (Lipinski definition) is 2. The molecular formula is C14H27N3O. The molecule has 0 aromatic carbocycles. The first-order valence-corrected chi connectivity index (χ1v) is 7.44. The Bertz CT molecular complexity index is 272. The highest BCUT2D eigenvalue weighted by Crippen LogP contribution is 2.22. The van der Waals surface area contributed by atoms with Crippen LogP contribution in [-0.2, 0) is 0 Å². The van der Waals surface area contributed by atoms with Crippen LogP contribution < -0.4 is 5.73 Å². The van der Waals surface area contributed by atoms with Gasteiger partial charge < -0.3 is 15.5 Å². The van der Waals surface area contributed by atoms with Gasteiger partial charge in [0.15, 0.2) is 0 Å². The minimum absolute atomic E-state index is 0.267. The van der Waals surface area contributed by atoms with Gasteiger partial charge in [-0.25, -0.2) is 4.79 Å². The molecule has 0 saturated carbocycles. The van der Waals surface area contributed by atoms with Crippen molar-refractivity contribution in [2.24, 2.45) is 17.6 Å². The molecule has 0 spiro atoms. The summed E-state index contributed by atoms with van der Waals surface area (Å²) in [5.41, 5.74) is 5.63. The summed E-state index contributed by atoms with van der Waals surface area (Å²) < 4.78 is 0. The Hall–Kier alpha value is -0.770. The third-order valence-corrected chi connectivity index (χ3v) is 4.42. The Kier molecular flexibility index (Phi) is 4.87. The lowest BCUT2D eigenvalue weighted by molar-refractivity contribution is 0.113. The number of amides is 2. The molecule has 104 valence electrons. The number of urea groups is 1. The Balaban J connectivity index is 1.84. The van der Waals surface area contributed by atoms with Crippen LogP contribution >= 0.6 is 0 Å². The number of carbonyl (C=O) groups is 1. The van der Waals surface area contributed by atoms with Crippen molar-refractivity contribution in [1.82, 2.24) is 9.80 Å². The molecule has 2 amide bonds. The molecule has 2 aliphatic heterocycles. The number of nitrogens with zero attached hydrogens (tertiary/aromatic N) is 2. The fourth-order valence-corrected chi connectivity index (χ4v) is 3.11. The molecule has 2 rings (SSSR count). The zero-order valence-corrected chi connectivity index (χ0v) is 11.6. The lowest BCUT2D eigenvalue weighted by Crippen LogP contribution is -2.49. The van der Waals surface area contributed by atoms with Crippen LogP contribution in [0.1, 0.15) is 39.0 Å². The fourth-order valence-electron chi connectivity index (χ4n) is 3.11. The van der Waals surface area contributed by atoms with Crippen LogP contribution in [-0.4, -0.2) is 48.6 Å². The number of hydrogen-bond donors (Lipinski definition) is 1. The highest BCUT2D eigenvalue weighted by atomic mass is 16.2. The lowest BCUT2D eigenvalue weighted by Gasteiger charge is -2.38. The predicted octanol–water partition coefficient (Wildman–Crippen LogP) is 1.90. The number of nitrogens with two attached hydrogens (primary N) is 1. The van der Waals surface area contributed by atoms with Crippen LogP contribution in [0.25, 0.3) is 0 Å². The molecule has 1 unspecified atom stereocenters. The molecule has 0 radical (unpaired) electrons. The van der Waals surface area contributed by atoms with E-state index in [4.69, 9.17) is 5.73 Å². The summed E-state index contributed by atoms with van der Waals surface area (Å²) in [5, 5.41) is 0. The Labute approximate surface area is 110 Å². The maximum atomic E-state index is 12.4. The second kappa shape index (κ2) is 6.41. The van der Waals surface area contributed by atoms with Gasteiger partial charge in [0, 0.05) is 26.2 Å². The third kappa shape index (κ3) is 3.37. The maximum absolute atomic E-state index is 12.4. The van der Waals surface area contributed by atoms with Crippen LogP contribution in [0.15, 0.2) is 0 Å². The van der Waals surface area contributed by atoms with E-state index in [-0.39, 0.29) is 6.03 Å². The van der Waals surface area contributed by atoms with Crippen LogP contribution in [0.4, 0.5) is 4.79 Å². The Morgan fingerprint density at radius 2 is 1.89 bits per heavy atom. The van der Waals surface area contributed by atoms with Crippen molar-refractivity contribution in [3.8, 4) is 0 Å². The zero-order valence-electron chi connectivity index (χ0n) is 11.6. The molecule has 2 aliphatic rings. The molecule has 1 atom stereocenters. The summed E-state index contributed by atoms with van der Waals surface area (Å²) in [5.74, 6) is 1.40. The summed E-state index contributed by atoms with van der Waals surface area (Å²) in [6.07, 6.45) is 5.75. The Morgan fingerprint density at radius 1 is 1.17 bits per heavy atom. The SMILES string of the molecule is CC1CCN(C(=O)N2CCCC(CCN)C2)CC1. The molecule has 2 heterocycles. The first-order valence-electron chi connectivity index (χ1n) is 7.44. The standard InChI is InChI=1S/C14H27N3O/c1-12-5-9-16(10-6-12)14(18)17-8-2-3-13(11-17)4-7-15/h12-13H,2-11,15H2,1H3. The third-order valence-electron chi connectivity index (χ3n) is 4.42. The van der Waals surface area contributed by atoms with E-state index in [9.17, 15) is 4.79 Å². The summed E-state index contributed by atoms with van der Waals surface area (Å²) >= 11 is 0. The van der Waals surface area contributed by atoms with Gasteiger partial charge >= 0.3 is 6.03 Å². The number of likely N-dealkylation sites (tertiary alicyclic amines) is 2. The topological polar surface area (TPSA) is 49.6 Å². The van der Waals surface area contributed by atoms with Crippen molar-refractivity contribution >= 4 is 6.03 Å². The van der Waals surface area contributed by atoms with E-state index in [0.29, 0.717) is 5.92 Å². The van der Waals surface area contributed by atoms with Gasteiger partial charge in [-0.15, -0.1) is 0 Å². The smallest absolute Gasteiger partial charge is 0.320 e. The predicted molar refractivity (Wildman–Crippen MR) is 73.3 cm³/mol. The average molecular weight is 253 g/mol. The van der Waals surface area contributed by atoms with Crippen molar-refractivity contribution in [1.29, 1.82) is 0 Å². The van der Waals surface area contributed by atoms with Crippen molar-refractivity contribution in [2.75, 3.05) is 32.7 Å². The molecule has 0 aromatic rings. The first-order chi connectivity index (χ1) is 8.70. The summed E-state index contributed by atoms with van der Waals surface area (Å²) in [7, 11) is 0. The second-order valence-corrected chi connectivity index (χ2v) is 5.98. The highest BCUT2D eigenvalue weighted by Gasteiger charge is 2.28. The molecule has 0 aliphatic carbocycles. The quantitative estimate of drug-likeness (QED) is 0.817. The van der Waals surface area contributed by atoms with Crippen molar-refractivity contribution in [2.45, 2.75) is 39.0 Å². The average Bonchev–Trinajstić information content (AvgIpc) is 2.39.